The molecule has 6 nitrogen and oxygen atoms in total. The summed E-state index contributed by atoms with van der Waals surface area (Å²) >= 11 is 0. The highest BCUT2D eigenvalue weighted by atomic mass is 16.5. The molecule has 0 spiro atoms. The zero-order valence-electron chi connectivity index (χ0n) is 9.52. The van der Waals surface area contributed by atoms with Gasteiger partial charge in [0, 0.05) is 23.6 Å². The van der Waals surface area contributed by atoms with Crippen molar-refractivity contribution in [3.63, 3.8) is 0 Å². The Kier molecular flexibility index (Phi) is 2.53. The van der Waals surface area contributed by atoms with Crippen LogP contribution in [-0.2, 0) is 6.54 Å². The number of hydrogen-bond donors (Lipinski definition) is 1. The lowest BCUT2D eigenvalue weighted by Crippen LogP contribution is -2.00. The van der Waals surface area contributed by atoms with Crippen LogP contribution in [0.5, 0.6) is 0 Å². The Bertz CT molecular complexity index is 644. The van der Waals surface area contributed by atoms with Gasteiger partial charge < -0.3 is 10.3 Å². The van der Waals surface area contributed by atoms with E-state index in [4.69, 9.17) is 10.3 Å². The van der Waals surface area contributed by atoms with E-state index < -0.39 is 0 Å². The van der Waals surface area contributed by atoms with Gasteiger partial charge in [-0.15, -0.1) is 0 Å². The van der Waals surface area contributed by atoms with Crippen LogP contribution in [0.15, 0.2) is 47.2 Å². The summed E-state index contributed by atoms with van der Waals surface area (Å²) in [6.45, 7) is 0.451. The second kappa shape index (κ2) is 4.33. The summed E-state index contributed by atoms with van der Waals surface area (Å²) in [6, 6.07) is 9.25. The molecule has 0 aliphatic carbocycles. The van der Waals surface area contributed by atoms with Gasteiger partial charge in [-0.3, -0.25) is 4.68 Å². The highest BCUT2D eigenvalue weighted by Crippen LogP contribution is 2.22. The lowest BCUT2D eigenvalue weighted by molar-refractivity contribution is 0.366. The predicted molar refractivity (Wildman–Crippen MR) is 65.5 cm³/mol. The Balaban J connectivity index is 1.88. The molecule has 2 aromatic heterocycles. The van der Waals surface area contributed by atoms with Gasteiger partial charge in [0.1, 0.15) is 6.54 Å². The average molecular weight is 241 g/mol. The molecule has 0 saturated carbocycles. The van der Waals surface area contributed by atoms with E-state index in [9.17, 15) is 0 Å². The summed E-state index contributed by atoms with van der Waals surface area (Å²) in [7, 11) is 0. The van der Waals surface area contributed by atoms with E-state index in [1.54, 1.807) is 16.9 Å². The zero-order chi connectivity index (χ0) is 12.4. The van der Waals surface area contributed by atoms with Gasteiger partial charge in [0.15, 0.2) is 0 Å². The summed E-state index contributed by atoms with van der Waals surface area (Å²) in [4.78, 5) is 4.30. The molecule has 2 heterocycles. The minimum Gasteiger partial charge on any atom is -0.398 e. The third-order valence-electron chi connectivity index (χ3n) is 2.53. The van der Waals surface area contributed by atoms with Crippen LogP contribution in [0.1, 0.15) is 5.89 Å². The van der Waals surface area contributed by atoms with Gasteiger partial charge in [-0.1, -0.05) is 17.3 Å². The average Bonchev–Trinajstić information content (AvgIpc) is 3.02. The first-order valence-electron chi connectivity index (χ1n) is 5.48. The Morgan fingerprint density at radius 3 is 2.89 bits per heavy atom. The maximum atomic E-state index is 5.86. The molecule has 0 bridgehead atoms. The first kappa shape index (κ1) is 10.5. The van der Waals surface area contributed by atoms with Gasteiger partial charge in [-0.25, -0.2) is 0 Å². The van der Waals surface area contributed by atoms with E-state index in [1.165, 1.54) is 0 Å². The molecule has 0 aliphatic heterocycles. The second-order valence-corrected chi connectivity index (χ2v) is 3.80. The Morgan fingerprint density at radius 1 is 1.22 bits per heavy atom. The molecular formula is C12H11N5O. The molecule has 0 fully saturated rings. The smallest absolute Gasteiger partial charge is 0.248 e. The fourth-order valence-corrected chi connectivity index (χ4v) is 1.66. The van der Waals surface area contributed by atoms with Gasteiger partial charge in [0.05, 0.1) is 0 Å². The molecule has 0 radical (unpaired) electrons. The number of nitrogen functional groups attached to an aromatic ring is 1. The number of para-hydroxylation sites is 1. The molecule has 2 N–H and O–H groups in total. The normalized spacial score (nSPS) is 10.7. The van der Waals surface area contributed by atoms with E-state index in [2.05, 4.69) is 15.2 Å². The molecule has 1 aromatic carbocycles. The van der Waals surface area contributed by atoms with Crippen molar-refractivity contribution in [3.8, 4) is 11.4 Å². The van der Waals surface area contributed by atoms with Crippen LogP contribution in [0.4, 0.5) is 5.69 Å². The summed E-state index contributed by atoms with van der Waals surface area (Å²) in [5, 5.41) is 8.00. The number of hydrogen-bond acceptors (Lipinski definition) is 5. The molecular weight excluding hydrogens is 230 g/mol. The molecule has 0 atom stereocenters. The van der Waals surface area contributed by atoms with Crippen LogP contribution in [0.3, 0.4) is 0 Å². The predicted octanol–water partition coefficient (Wildman–Crippen LogP) is 1.56. The summed E-state index contributed by atoms with van der Waals surface area (Å²) in [6.07, 6.45) is 3.53. The minimum atomic E-state index is 0.451. The molecule has 3 rings (SSSR count). The fraction of sp³-hybridized carbons (Fsp3) is 0.0833. The molecule has 3 aromatic rings. The standard InChI is InChI=1S/C12H11N5O/c13-10-5-2-1-4-9(10)12-15-11(18-16-12)8-17-7-3-6-14-17/h1-7H,8,13H2. The maximum absolute atomic E-state index is 5.86. The molecule has 0 saturated heterocycles. The topological polar surface area (TPSA) is 82.8 Å². The highest BCUT2D eigenvalue weighted by Gasteiger charge is 2.11. The van der Waals surface area contributed by atoms with E-state index >= 15 is 0 Å². The van der Waals surface area contributed by atoms with Gasteiger partial charge in [0.2, 0.25) is 11.7 Å². The van der Waals surface area contributed by atoms with Gasteiger partial charge in [-0.05, 0) is 18.2 Å². The lowest BCUT2D eigenvalue weighted by Gasteiger charge is -1.98. The second-order valence-electron chi connectivity index (χ2n) is 3.80. The quantitative estimate of drug-likeness (QED) is 0.703. The lowest BCUT2D eigenvalue weighted by atomic mass is 10.2. The van der Waals surface area contributed by atoms with E-state index in [0.717, 1.165) is 5.56 Å². The molecule has 0 unspecified atom stereocenters. The van der Waals surface area contributed by atoms with Crippen molar-refractivity contribution in [3.05, 3.63) is 48.6 Å². The molecule has 18 heavy (non-hydrogen) atoms. The first-order chi connectivity index (χ1) is 8.83. The summed E-state index contributed by atoms with van der Waals surface area (Å²) < 4.78 is 6.88. The SMILES string of the molecule is Nc1ccccc1-c1noc(Cn2cccn2)n1. The van der Waals surface area contributed by atoms with Crippen LogP contribution in [0, 0.1) is 0 Å². The van der Waals surface area contributed by atoms with Crippen molar-refractivity contribution in [2.75, 3.05) is 5.73 Å². The minimum absolute atomic E-state index is 0.451. The van der Waals surface area contributed by atoms with Crippen LogP contribution in [0.25, 0.3) is 11.4 Å². The monoisotopic (exact) mass is 241 g/mol. The van der Waals surface area contributed by atoms with E-state index in [1.807, 2.05) is 30.5 Å². The fourth-order valence-electron chi connectivity index (χ4n) is 1.66. The van der Waals surface area contributed by atoms with Gasteiger partial charge >= 0.3 is 0 Å². The van der Waals surface area contributed by atoms with Crippen LogP contribution >= 0.6 is 0 Å². The first-order valence-corrected chi connectivity index (χ1v) is 5.48. The van der Waals surface area contributed by atoms with Crippen LogP contribution < -0.4 is 5.73 Å². The van der Waals surface area contributed by atoms with Crippen LogP contribution in [0.2, 0.25) is 0 Å². The number of rotatable bonds is 3. The summed E-state index contributed by atoms with van der Waals surface area (Å²) in [5.41, 5.74) is 7.26. The largest absolute Gasteiger partial charge is 0.398 e. The highest BCUT2D eigenvalue weighted by molar-refractivity contribution is 5.70. The molecule has 0 amide bonds. The van der Waals surface area contributed by atoms with Crippen molar-refractivity contribution in [2.24, 2.45) is 0 Å². The van der Waals surface area contributed by atoms with E-state index in [-0.39, 0.29) is 0 Å². The number of aromatic nitrogens is 4. The van der Waals surface area contributed by atoms with Crippen LogP contribution in [-0.4, -0.2) is 19.9 Å². The number of nitrogens with zero attached hydrogens (tertiary/aromatic N) is 4. The third kappa shape index (κ3) is 1.95. The third-order valence-corrected chi connectivity index (χ3v) is 2.53. The Hall–Kier alpha value is -2.63. The molecule has 0 aliphatic rings. The van der Waals surface area contributed by atoms with Crippen molar-refractivity contribution in [2.45, 2.75) is 6.54 Å². The van der Waals surface area contributed by atoms with Crippen molar-refractivity contribution in [1.29, 1.82) is 0 Å². The number of benzene rings is 1. The Labute approximate surface area is 103 Å². The van der Waals surface area contributed by atoms with E-state index in [0.29, 0.717) is 23.9 Å². The van der Waals surface area contributed by atoms with Gasteiger partial charge in [-0.2, -0.15) is 10.1 Å². The zero-order valence-corrected chi connectivity index (χ0v) is 9.52. The van der Waals surface area contributed by atoms with Crippen molar-refractivity contribution in [1.82, 2.24) is 19.9 Å². The number of nitrogens with two attached hydrogens (primary N) is 1. The maximum Gasteiger partial charge on any atom is 0.248 e. The van der Waals surface area contributed by atoms with Crippen molar-refractivity contribution >= 4 is 5.69 Å². The molecule has 90 valence electrons. The number of anilines is 1. The van der Waals surface area contributed by atoms with Gasteiger partial charge in [0.25, 0.3) is 0 Å². The Morgan fingerprint density at radius 2 is 2.11 bits per heavy atom. The van der Waals surface area contributed by atoms with Crippen molar-refractivity contribution < 1.29 is 4.52 Å². The molecule has 6 heteroatoms. The summed E-state index contributed by atoms with van der Waals surface area (Å²) in [5.74, 6) is 0.993.